The van der Waals surface area contributed by atoms with Crippen molar-refractivity contribution in [3.8, 4) is 11.8 Å². The Morgan fingerprint density at radius 1 is 1.26 bits per heavy atom. The van der Waals surface area contributed by atoms with E-state index in [9.17, 15) is 8.42 Å². The average molecular weight is 351 g/mol. The molecule has 2 aromatic heterocycles. The van der Waals surface area contributed by atoms with Crippen LogP contribution in [0, 0.1) is 18.8 Å². The molecule has 8 heteroatoms. The van der Waals surface area contributed by atoms with E-state index in [1.807, 2.05) is 6.92 Å². The van der Waals surface area contributed by atoms with E-state index in [4.69, 9.17) is 11.6 Å². The Hall–Kier alpha value is -2.17. The third-order valence-corrected chi connectivity index (χ3v) is 3.81. The minimum Gasteiger partial charge on any atom is -0.282 e. The van der Waals surface area contributed by atoms with Gasteiger partial charge in [-0.15, -0.1) is 0 Å². The van der Waals surface area contributed by atoms with Crippen molar-refractivity contribution in [2.75, 3.05) is 11.0 Å². The predicted octanol–water partition coefficient (Wildman–Crippen LogP) is 2.17. The predicted molar refractivity (Wildman–Crippen MR) is 89.8 cm³/mol. The Morgan fingerprint density at radius 3 is 2.65 bits per heavy atom. The van der Waals surface area contributed by atoms with Crippen LogP contribution < -0.4 is 4.72 Å². The Balaban J connectivity index is 2.42. The van der Waals surface area contributed by atoms with Gasteiger partial charge in [-0.3, -0.25) is 9.71 Å². The summed E-state index contributed by atoms with van der Waals surface area (Å²) in [6, 6.07) is 1.62. The van der Waals surface area contributed by atoms with Crippen molar-refractivity contribution in [2.24, 2.45) is 0 Å². The number of nitrogens with one attached hydrogen (secondary N) is 1. The summed E-state index contributed by atoms with van der Waals surface area (Å²) in [7, 11) is -3.38. The molecule has 2 aromatic rings. The second kappa shape index (κ2) is 6.94. The second-order valence-corrected chi connectivity index (χ2v) is 6.93. The van der Waals surface area contributed by atoms with Gasteiger partial charge in [0.05, 0.1) is 28.9 Å². The molecule has 0 spiro atoms. The number of rotatable bonds is 3. The fourth-order valence-corrected chi connectivity index (χ4v) is 2.63. The minimum atomic E-state index is -3.38. The molecule has 2 heterocycles. The molecular weight excluding hydrogens is 336 g/mol. The quantitative estimate of drug-likeness (QED) is 0.677. The highest BCUT2D eigenvalue weighted by Crippen LogP contribution is 2.17. The van der Waals surface area contributed by atoms with Gasteiger partial charge >= 0.3 is 0 Å². The number of hydrogen-bond donors (Lipinski definition) is 1. The maximum atomic E-state index is 11.4. The Bertz CT molecular complexity index is 901. The lowest BCUT2D eigenvalue weighted by atomic mass is 10.1. The van der Waals surface area contributed by atoms with E-state index < -0.39 is 10.0 Å². The van der Waals surface area contributed by atoms with Crippen molar-refractivity contribution in [3.63, 3.8) is 0 Å². The fraction of sp³-hybridized carbons (Fsp3) is 0.267. The van der Waals surface area contributed by atoms with Gasteiger partial charge in [-0.1, -0.05) is 30.4 Å². The van der Waals surface area contributed by atoms with Gasteiger partial charge in [0.2, 0.25) is 10.0 Å². The molecule has 0 unspecified atom stereocenters. The van der Waals surface area contributed by atoms with E-state index in [1.165, 1.54) is 6.33 Å². The first kappa shape index (κ1) is 17.2. The van der Waals surface area contributed by atoms with E-state index in [-0.39, 0.29) is 0 Å². The molecule has 0 saturated heterocycles. The Labute approximate surface area is 140 Å². The molecule has 6 nitrogen and oxygen atoms in total. The van der Waals surface area contributed by atoms with Gasteiger partial charge in [-0.2, -0.15) is 0 Å². The van der Waals surface area contributed by atoms with Gasteiger partial charge in [-0.05, 0) is 19.4 Å². The van der Waals surface area contributed by atoms with Crippen molar-refractivity contribution >= 4 is 27.3 Å². The molecule has 0 amide bonds. The van der Waals surface area contributed by atoms with Crippen LogP contribution in [-0.4, -0.2) is 29.6 Å². The van der Waals surface area contributed by atoms with Crippen molar-refractivity contribution in [1.29, 1.82) is 0 Å². The molecule has 0 saturated carbocycles. The number of nitrogens with zero attached hydrogens (tertiary/aromatic N) is 3. The van der Waals surface area contributed by atoms with Crippen LogP contribution in [0.5, 0.6) is 0 Å². The summed E-state index contributed by atoms with van der Waals surface area (Å²) >= 11 is 6.06. The van der Waals surface area contributed by atoms with Crippen LogP contribution in [0.15, 0.2) is 18.6 Å². The van der Waals surface area contributed by atoms with Gasteiger partial charge in [0.15, 0.2) is 0 Å². The van der Waals surface area contributed by atoms with Crippen LogP contribution in [0.25, 0.3) is 0 Å². The summed E-state index contributed by atoms with van der Waals surface area (Å²) in [5.41, 5.74) is 2.84. The summed E-state index contributed by atoms with van der Waals surface area (Å²) < 4.78 is 25.1. The van der Waals surface area contributed by atoms with Gasteiger partial charge in [0.25, 0.3) is 0 Å². The maximum absolute atomic E-state index is 11.4. The van der Waals surface area contributed by atoms with E-state index in [0.717, 1.165) is 11.9 Å². The molecule has 0 aliphatic rings. The molecule has 0 aliphatic carbocycles. The largest absolute Gasteiger partial charge is 0.282 e. The Morgan fingerprint density at radius 2 is 2.00 bits per heavy atom. The van der Waals surface area contributed by atoms with E-state index >= 15 is 0 Å². The topological polar surface area (TPSA) is 84.8 Å². The molecule has 0 aliphatic heterocycles. The third kappa shape index (κ3) is 4.65. The Kier molecular flexibility index (Phi) is 5.19. The molecule has 120 valence electrons. The summed E-state index contributed by atoms with van der Waals surface area (Å²) in [6.07, 6.45) is 4.73. The first-order valence-electron chi connectivity index (χ1n) is 6.76. The monoisotopic (exact) mass is 350 g/mol. The van der Waals surface area contributed by atoms with E-state index in [0.29, 0.717) is 34.1 Å². The lowest BCUT2D eigenvalue weighted by Gasteiger charge is -2.06. The standard InChI is InChI=1S/C15H15ClN4O2S/c1-4-13-12(15(16)19-9-18-13)6-5-11-7-14(10(2)17-8-11)20-23(3,21)22/h7-9,20H,4H2,1-3H3. The van der Waals surface area contributed by atoms with Gasteiger partial charge in [0, 0.05) is 11.8 Å². The molecule has 0 fully saturated rings. The second-order valence-electron chi connectivity index (χ2n) is 4.82. The number of aryl methyl sites for hydroxylation is 2. The third-order valence-electron chi connectivity index (χ3n) is 2.93. The number of sulfonamides is 1. The molecule has 0 aromatic carbocycles. The van der Waals surface area contributed by atoms with E-state index in [1.54, 1.807) is 19.2 Å². The number of anilines is 1. The summed E-state index contributed by atoms with van der Waals surface area (Å²) in [4.78, 5) is 12.2. The lowest BCUT2D eigenvalue weighted by Crippen LogP contribution is -2.11. The number of aromatic nitrogens is 3. The summed E-state index contributed by atoms with van der Waals surface area (Å²) in [5.74, 6) is 5.85. The van der Waals surface area contributed by atoms with E-state index in [2.05, 4.69) is 31.5 Å². The zero-order valence-corrected chi connectivity index (χ0v) is 14.5. The first-order chi connectivity index (χ1) is 10.8. The number of halogens is 1. The van der Waals surface area contributed by atoms with Crippen molar-refractivity contribution in [2.45, 2.75) is 20.3 Å². The zero-order chi connectivity index (χ0) is 17.0. The fourth-order valence-electron chi connectivity index (χ4n) is 1.83. The smallest absolute Gasteiger partial charge is 0.229 e. The van der Waals surface area contributed by atoms with Crippen LogP contribution in [-0.2, 0) is 16.4 Å². The highest BCUT2D eigenvalue weighted by atomic mass is 35.5. The summed E-state index contributed by atoms with van der Waals surface area (Å²) in [5, 5.41) is 0.291. The lowest BCUT2D eigenvalue weighted by molar-refractivity contribution is 0.606. The molecular formula is C15H15ClN4O2S. The molecule has 0 radical (unpaired) electrons. The van der Waals surface area contributed by atoms with Crippen LogP contribution in [0.4, 0.5) is 5.69 Å². The van der Waals surface area contributed by atoms with Gasteiger partial charge in [-0.25, -0.2) is 18.4 Å². The molecule has 23 heavy (non-hydrogen) atoms. The molecule has 1 N–H and O–H groups in total. The zero-order valence-electron chi connectivity index (χ0n) is 12.9. The SMILES string of the molecule is CCc1ncnc(Cl)c1C#Cc1cnc(C)c(NS(C)(=O)=O)c1. The molecule has 0 bridgehead atoms. The van der Waals surface area contributed by atoms with Crippen molar-refractivity contribution in [1.82, 2.24) is 15.0 Å². The van der Waals surface area contributed by atoms with Crippen LogP contribution in [0.3, 0.4) is 0 Å². The van der Waals surface area contributed by atoms with Crippen LogP contribution >= 0.6 is 11.6 Å². The first-order valence-corrected chi connectivity index (χ1v) is 9.03. The molecule has 0 atom stereocenters. The highest BCUT2D eigenvalue weighted by molar-refractivity contribution is 7.92. The normalized spacial score (nSPS) is 10.8. The van der Waals surface area contributed by atoms with Crippen molar-refractivity contribution in [3.05, 3.63) is 46.3 Å². The van der Waals surface area contributed by atoms with Gasteiger partial charge in [0.1, 0.15) is 11.5 Å². The van der Waals surface area contributed by atoms with Crippen LogP contribution in [0.1, 0.15) is 29.4 Å². The number of hydrogen-bond acceptors (Lipinski definition) is 5. The van der Waals surface area contributed by atoms with Crippen LogP contribution in [0.2, 0.25) is 5.15 Å². The summed E-state index contributed by atoms with van der Waals surface area (Å²) in [6.45, 7) is 3.66. The van der Waals surface area contributed by atoms with Crippen molar-refractivity contribution < 1.29 is 8.42 Å². The average Bonchev–Trinajstić information content (AvgIpc) is 2.47. The number of pyridine rings is 1. The molecule has 2 rings (SSSR count). The maximum Gasteiger partial charge on any atom is 0.229 e. The minimum absolute atomic E-state index is 0.291. The highest BCUT2D eigenvalue weighted by Gasteiger charge is 2.08. The van der Waals surface area contributed by atoms with Gasteiger partial charge < -0.3 is 0 Å².